The average molecular weight is 479 g/mol. The molecule has 2 aliphatic heterocycles. The van der Waals surface area contributed by atoms with Crippen molar-refractivity contribution >= 4 is 11.8 Å². The summed E-state index contributed by atoms with van der Waals surface area (Å²) in [4.78, 5) is 24.6. The van der Waals surface area contributed by atoms with Gasteiger partial charge in [-0.05, 0) is 5.56 Å². The Kier molecular flexibility index (Phi) is 10.5. The molecule has 0 spiro atoms. The van der Waals surface area contributed by atoms with Gasteiger partial charge in [-0.2, -0.15) is 0 Å². The van der Waals surface area contributed by atoms with E-state index in [1.807, 2.05) is 37.3 Å². The van der Waals surface area contributed by atoms with Crippen LogP contribution in [0.1, 0.15) is 63.9 Å². The van der Waals surface area contributed by atoms with E-state index in [0.717, 1.165) is 12.0 Å². The number of methoxy groups -OCH3 is 1. The van der Waals surface area contributed by atoms with Crippen LogP contribution in [0.3, 0.4) is 0 Å². The molecule has 8 nitrogen and oxygen atoms in total. The number of ketones is 1. The number of aliphatic hydroxyl groups excluding tert-OH is 1. The second-order valence-corrected chi connectivity index (χ2v) is 9.21. The minimum absolute atomic E-state index is 0.00918. The van der Waals surface area contributed by atoms with Gasteiger partial charge in [0, 0.05) is 38.5 Å². The van der Waals surface area contributed by atoms with Gasteiger partial charge < -0.3 is 28.8 Å². The maximum Gasteiger partial charge on any atom is 0.308 e. The van der Waals surface area contributed by atoms with Crippen molar-refractivity contribution in [2.45, 2.75) is 95.1 Å². The zero-order valence-corrected chi connectivity index (χ0v) is 20.3. The van der Waals surface area contributed by atoms with E-state index < -0.39 is 11.9 Å². The summed E-state index contributed by atoms with van der Waals surface area (Å²) in [6.45, 7) is 3.49. The molecule has 0 aliphatic carbocycles. The van der Waals surface area contributed by atoms with Crippen molar-refractivity contribution in [1.82, 2.24) is 0 Å². The Labute approximate surface area is 201 Å². The number of Topliss-reactive ketones (excluding diaryl/α,β-unsaturated/α-hetero) is 1. The summed E-state index contributed by atoms with van der Waals surface area (Å²) in [5.41, 5.74) is 1.06. The Morgan fingerprint density at radius 1 is 1.12 bits per heavy atom. The Bertz CT molecular complexity index is 761. The monoisotopic (exact) mass is 478 g/mol. The van der Waals surface area contributed by atoms with Gasteiger partial charge in [-0.1, -0.05) is 43.7 Å². The highest BCUT2D eigenvalue weighted by Crippen LogP contribution is 2.32. The lowest BCUT2D eigenvalue weighted by atomic mass is 9.93. The molecule has 0 radical (unpaired) electrons. The summed E-state index contributed by atoms with van der Waals surface area (Å²) in [6, 6.07) is 9.87. The predicted octanol–water partition coefficient (Wildman–Crippen LogP) is 3.33. The van der Waals surface area contributed by atoms with Gasteiger partial charge in [0.15, 0.2) is 5.79 Å². The van der Waals surface area contributed by atoms with Crippen LogP contribution in [0.5, 0.6) is 0 Å². The molecule has 1 aromatic rings. The number of ether oxygens (including phenoxy) is 5. The van der Waals surface area contributed by atoms with E-state index in [1.54, 1.807) is 0 Å². The Morgan fingerprint density at radius 2 is 1.79 bits per heavy atom. The molecule has 34 heavy (non-hydrogen) atoms. The maximum atomic E-state index is 12.8. The Hall–Kier alpha value is -1.84. The quantitative estimate of drug-likeness (QED) is 0.431. The third-order valence-electron chi connectivity index (χ3n) is 6.30. The van der Waals surface area contributed by atoms with Gasteiger partial charge in [0.1, 0.15) is 5.78 Å². The SMILES string of the molecule is CCCC1(C[C@H](O)CC(=O)C[C@@H]2C[C@H](OCc3ccccc3)C[C@H](CC(=O)OC)O2)OCCO1. The lowest BCUT2D eigenvalue weighted by Crippen LogP contribution is -2.40. The topological polar surface area (TPSA) is 101 Å². The number of carbonyl (C=O) groups is 2. The first-order chi connectivity index (χ1) is 16.4. The Morgan fingerprint density at radius 3 is 2.44 bits per heavy atom. The average Bonchev–Trinajstić information content (AvgIpc) is 3.26. The molecule has 1 N–H and O–H groups in total. The first-order valence-electron chi connectivity index (χ1n) is 12.3. The number of carbonyl (C=O) groups excluding carboxylic acids is 2. The first kappa shape index (κ1) is 26.8. The molecular weight excluding hydrogens is 440 g/mol. The van der Waals surface area contributed by atoms with Crippen molar-refractivity contribution in [3.05, 3.63) is 35.9 Å². The lowest BCUT2D eigenvalue weighted by molar-refractivity contribution is -0.182. The molecule has 1 aromatic carbocycles. The molecule has 2 saturated heterocycles. The molecule has 8 heteroatoms. The number of esters is 1. The van der Waals surface area contributed by atoms with Crippen LogP contribution < -0.4 is 0 Å². The van der Waals surface area contributed by atoms with Crippen LogP contribution in [0.15, 0.2) is 30.3 Å². The summed E-state index contributed by atoms with van der Waals surface area (Å²) < 4.78 is 28.4. The number of benzene rings is 1. The summed E-state index contributed by atoms with van der Waals surface area (Å²) in [5.74, 6) is -1.24. The zero-order chi connectivity index (χ0) is 24.4. The van der Waals surface area contributed by atoms with Crippen LogP contribution in [-0.2, 0) is 39.9 Å². The van der Waals surface area contributed by atoms with Crippen LogP contribution in [-0.4, -0.2) is 67.4 Å². The largest absolute Gasteiger partial charge is 0.469 e. The number of aliphatic hydroxyl groups is 1. The van der Waals surface area contributed by atoms with Crippen LogP contribution in [0.4, 0.5) is 0 Å². The highest BCUT2D eigenvalue weighted by molar-refractivity contribution is 5.79. The Balaban J connectivity index is 1.53. The zero-order valence-electron chi connectivity index (χ0n) is 20.3. The molecule has 4 atom stereocenters. The third kappa shape index (κ3) is 8.43. The number of hydrogen-bond acceptors (Lipinski definition) is 8. The molecule has 0 amide bonds. The van der Waals surface area contributed by atoms with Gasteiger partial charge in [0.05, 0.1) is 57.8 Å². The van der Waals surface area contributed by atoms with E-state index in [-0.39, 0.29) is 55.7 Å². The molecule has 2 heterocycles. The molecule has 0 unspecified atom stereocenters. The highest BCUT2D eigenvalue weighted by Gasteiger charge is 2.38. The summed E-state index contributed by atoms with van der Waals surface area (Å²) in [7, 11) is 1.35. The second-order valence-electron chi connectivity index (χ2n) is 9.21. The van der Waals surface area contributed by atoms with Crippen molar-refractivity contribution in [2.24, 2.45) is 0 Å². The van der Waals surface area contributed by atoms with Gasteiger partial charge >= 0.3 is 5.97 Å². The smallest absolute Gasteiger partial charge is 0.308 e. The van der Waals surface area contributed by atoms with Crippen molar-refractivity contribution in [3.63, 3.8) is 0 Å². The molecule has 190 valence electrons. The molecule has 0 saturated carbocycles. The fraction of sp³-hybridized carbons (Fsp3) is 0.692. The van der Waals surface area contributed by atoms with Crippen molar-refractivity contribution in [2.75, 3.05) is 20.3 Å². The van der Waals surface area contributed by atoms with Crippen molar-refractivity contribution < 1.29 is 38.4 Å². The van der Waals surface area contributed by atoms with Crippen LogP contribution in [0.25, 0.3) is 0 Å². The van der Waals surface area contributed by atoms with E-state index in [9.17, 15) is 14.7 Å². The van der Waals surface area contributed by atoms with E-state index in [4.69, 9.17) is 23.7 Å². The van der Waals surface area contributed by atoms with Crippen LogP contribution in [0.2, 0.25) is 0 Å². The standard InChI is InChI=1S/C26H38O8/c1-3-9-26(32-10-11-33-26)17-21(28)12-20(27)13-23-14-22(15-24(34-23)16-25(29)30-2)31-18-19-7-5-4-6-8-19/h4-8,21-24,28H,3,9-18H2,1-2H3/t21-,22+,23-,24-/m1/s1. The minimum atomic E-state index is -0.850. The summed E-state index contributed by atoms with van der Waals surface area (Å²) in [6.07, 6.45) is 1.46. The van der Waals surface area contributed by atoms with Crippen molar-refractivity contribution in [3.8, 4) is 0 Å². The molecule has 2 fully saturated rings. The normalized spacial score (nSPS) is 25.1. The minimum Gasteiger partial charge on any atom is -0.469 e. The van der Waals surface area contributed by atoms with E-state index in [2.05, 4.69) is 0 Å². The number of hydrogen-bond donors (Lipinski definition) is 1. The number of rotatable bonds is 13. The summed E-state index contributed by atoms with van der Waals surface area (Å²) >= 11 is 0. The van der Waals surface area contributed by atoms with E-state index >= 15 is 0 Å². The second kappa shape index (κ2) is 13.3. The first-order valence-corrected chi connectivity index (χ1v) is 12.3. The third-order valence-corrected chi connectivity index (χ3v) is 6.30. The van der Waals surface area contributed by atoms with Gasteiger partial charge in [-0.3, -0.25) is 9.59 Å². The maximum absolute atomic E-state index is 12.8. The van der Waals surface area contributed by atoms with Gasteiger partial charge in [0.25, 0.3) is 0 Å². The van der Waals surface area contributed by atoms with E-state index in [0.29, 0.717) is 39.1 Å². The molecule has 2 aliphatic rings. The van der Waals surface area contributed by atoms with Gasteiger partial charge in [-0.25, -0.2) is 0 Å². The fourth-order valence-electron chi connectivity index (χ4n) is 4.80. The summed E-state index contributed by atoms with van der Waals surface area (Å²) in [5, 5.41) is 10.6. The predicted molar refractivity (Wildman–Crippen MR) is 124 cm³/mol. The van der Waals surface area contributed by atoms with Crippen molar-refractivity contribution in [1.29, 1.82) is 0 Å². The highest BCUT2D eigenvalue weighted by atomic mass is 16.7. The molecule has 0 bridgehead atoms. The van der Waals surface area contributed by atoms with Gasteiger partial charge in [-0.15, -0.1) is 0 Å². The fourth-order valence-corrected chi connectivity index (χ4v) is 4.80. The molecular formula is C26H38O8. The lowest BCUT2D eigenvalue weighted by Gasteiger charge is -2.35. The van der Waals surface area contributed by atoms with Gasteiger partial charge in [0.2, 0.25) is 0 Å². The van der Waals surface area contributed by atoms with E-state index in [1.165, 1.54) is 7.11 Å². The molecule has 3 rings (SSSR count). The van der Waals surface area contributed by atoms with Crippen LogP contribution in [0, 0.1) is 0 Å². The molecule has 0 aromatic heterocycles. The van der Waals surface area contributed by atoms with Crippen LogP contribution >= 0.6 is 0 Å².